The third kappa shape index (κ3) is 5.95. The van der Waals surface area contributed by atoms with Crippen LogP contribution in [0.3, 0.4) is 0 Å². The summed E-state index contributed by atoms with van der Waals surface area (Å²) in [5.74, 6) is 0.837. The van der Waals surface area contributed by atoms with E-state index in [0.29, 0.717) is 13.2 Å². The molecule has 3 aromatic rings. The van der Waals surface area contributed by atoms with Crippen molar-refractivity contribution in [2.24, 2.45) is 0 Å². The van der Waals surface area contributed by atoms with Gasteiger partial charge in [0.15, 0.2) is 0 Å². The molecule has 0 bridgehead atoms. The predicted octanol–water partition coefficient (Wildman–Crippen LogP) is 4.76. The van der Waals surface area contributed by atoms with Crippen LogP contribution >= 0.6 is 11.6 Å². The zero-order valence-corrected chi connectivity index (χ0v) is 17.6. The van der Waals surface area contributed by atoms with Gasteiger partial charge in [0.25, 0.3) is 0 Å². The summed E-state index contributed by atoms with van der Waals surface area (Å²) in [5, 5.41) is 4.30. The van der Waals surface area contributed by atoms with Gasteiger partial charge in [-0.2, -0.15) is 0 Å². The third-order valence-electron chi connectivity index (χ3n) is 5.05. The van der Waals surface area contributed by atoms with E-state index in [1.165, 1.54) is 0 Å². The lowest BCUT2D eigenvalue weighted by molar-refractivity contribution is 0.0342. The van der Waals surface area contributed by atoms with Crippen LogP contribution < -0.4 is 10.1 Å². The van der Waals surface area contributed by atoms with Crippen LogP contribution in [0.4, 0.5) is 5.69 Å². The Morgan fingerprint density at radius 3 is 2.77 bits per heavy atom. The second-order valence-electron chi connectivity index (χ2n) is 7.31. The molecule has 0 unspecified atom stereocenters. The van der Waals surface area contributed by atoms with Gasteiger partial charge in [-0.05, 0) is 53.6 Å². The molecular weight excluding hydrogens is 398 g/mol. The fourth-order valence-corrected chi connectivity index (χ4v) is 3.57. The number of morpholine rings is 1. The Morgan fingerprint density at radius 2 is 1.93 bits per heavy atom. The van der Waals surface area contributed by atoms with Crippen LogP contribution in [0.15, 0.2) is 66.9 Å². The quantitative estimate of drug-likeness (QED) is 0.566. The van der Waals surface area contributed by atoms with Gasteiger partial charge in [-0.3, -0.25) is 9.88 Å². The number of pyridine rings is 1. The van der Waals surface area contributed by atoms with Gasteiger partial charge in [-0.1, -0.05) is 29.8 Å². The van der Waals surface area contributed by atoms with Crippen molar-refractivity contribution in [3.05, 3.63) is 88.7 Å². The monoisotopic (exact) mass is 423 g/mol. The average Bonchev–Trinajstić information content (AvgIpc) is 2.80. The SMILES string of the molecule is Clc1ccc(NCc2cccc(OCc3ccccn3)c2)cc1CN1CCOCC1. The van der Waals surface area contributed by atoms with Gasteiger partial charge in [0.1, 0.15) is 12.4 Å². The number of hydrogen-bond donors (Lipinski definition) is 1. The highest BCUT2D eigenvalue weighted by atomic mass is 35.5. The summed E-state index contributed by atoms with van der Waals surface area (Å²) in [6.07, 6.45) is 1.78. The number of hydrogen-bond acceptors (Lipinski definition) is 5. The van der Waals surface area contributed by atoms with Crippen molar-refractivity contribution in [1.29, 1.82) is 0 Å². The summed E-state index contributed by atoms with van der Waals surface area (Å²) in [6.45, 7) is 5.47. The summed E-state index contributed by atoms with van der Waals surface area (Å²) >= 11 is 6.43. The Labute approximate surface area is 182 Å². The zero-order chi connectivity index (χ0) is 20.6. The summed E-state index contributed by atoms with van der Waals surface area (Å²) in [7, 11) is 0. The van der Waals surface area contributed by atoms with E-state index in [1.807, 2.05) is 42.5 Å². The Morgan fingerprint density at radius 1 is 1.03 bits per heavy atom. The van der Waals surface area contributed by atoms with Gasteiger partial charge >= 0.3 is 0 Å². The second-order valence-corrected chi connectivity index (χ2v) is 7.71. The maximum absolute atomic E-state index is 6.43. The molecule has 2 heterocycles. The summed E-state index contributed by atoms with van der Waals surface area (Å²) in [4.78, 5) is 6.66. The first-order chi connectivity index (χ1) is 14.8. The number of rotatable bonds is 8. The highest BCUT2D eigenvalue weighted by Gasteiger charge is 2.13. The van der Waals surface area contributed by atoms with Crippen molar-refractivity contribution in [2.75, 3.05) is 31.6 Å². The van der Waals surface area contributed by atoms with Crippen LogP contribution in [0, 0.1) is 0 Å². The van der Waals surface area contributed by atoms with Crippen molar-refractivity contribution in [3.8, 4) is 5.75 Å². The van der Waals surface area contributed by atoms with Gasteiger partial charge in [-0.15, -0.1) is 0 Å². The Kier molecular flexibility index (Phi) is 7.19. The highest BCUT2D eigenvalue weighted by molar-refractivity contribution is 6.31. The van der Waals surface area contributed by atoms with Crippen LogP contribution in [0.2, 0.25) is 5.02 Å². The predicted molar refractivity (Wildman–Crippen MR) is 120 cm³/mol. The molecule has 0 atom stereocenters. The molecule has 2 aromatic carbocycles. The van der Waals surface area contributed by atoms with E-state index >= 15 is 0 Å². The van der Waals surface area contributed by atoms with Crippen LogP contribution in [0.1, 0.15) is 16.8 Å². The molecule has 1 aliphatic rings. The minimum absolute atomic E-state index is 0.458. The van der Waals surface area contributed by atoms with E-state index < -0.39 is 0 Å². The van der Waals surface area contributed by atoms with Crippen molar-refractivity contribution < 1.29 is 9.47 Å². The number of nitrogens with zero attached hydrogens (tertiary/aromatic N) is 2. The van der Waals surface area contributed by atoms with Crippen molar-refractivity contribution >= 4 is 17.3 Å². The van der Waals surface area contributed by atoms with Crippen molar-refractivity contribution in [2.45, 2.75) is 19.7 Å². The van der Waals surface area contributed by atoms with Crippen molar-refractivity contribution in [1.82, 2.24) is 9.88 Å². The van der Waals surface area contributed by atoms with Crippen molar-refractivity contribution in [3.63, 3.8) is 0 Å². The summed E-state index contributed by atoms with van der Waals surface area (Å²) < 4.78 is 11.3. The molecular formula is C24H26ClN3O2. The molecule has 0 saturated carbocycles. The molecule has 6 heteroatoms. The smallest absolute Gasteiger partial charge is 0.130 e. The number of benzene rings is 2. The Hall–Kier alpha value is -2.60. The maximum Gasteiger partial charge on any atom is 0.130 e. The largest absolute Gasteiger partial charge is 0.487 e. The molecule has 1 fully saturated rings. The first kappa shape index (κ1) is 20.7. The molecule has 1 aliphatic heterocycles. The molecule has 1 N–H and O–H groups in total. The van der Waals surface area contributed by atoms with E-state index in [-0.39, 0.29) is 0 Å². The van der Waals surface area contributed by atoms with Gasteiger partial charge in [0.05, 0.1) is 18.9 Å². The van der Waals surface area contributed by atoms with E-state index in [2.05, 4.69) is 33.4 Å². The fourth-order valence-electron chi connectivity index (χ4n) is 3.40. The number of anilines is 1. The number of aromatic nitrogens is 1. The lowest BCUT2D eigenvalue weighted by Crippen LogP contribution is -2.35. The number of ether oxygens (including phenoxy) is 2. The molecule has 0 spiro atoms. The molecule has 1 aromatic heterocycles. The molecule has 0 radical (unpaired) electrons. The molecule has 5 nitrogen and oxygen atoms in total. The van der Waals surface area contributed by atoms with Gasteiger partial charge in [0.2, 0.25) is 0 Å². The topological polar surface area (TPSA) is 46.6 Å². The Bertz CT molecular complexity index is 946. The maximum atomic E-state index is 6.43. The van der Waals surface area contributed by atoms with Gasteiger partial charge < -0.3 is 14.8 Å². The zero-order valence-electron chi connectivity index (χ0n) is 16.9. The standard InChI is InChI=1S/C24H26ClN3O2/c25-24-8-7-21(15-20(24)17-28-10-12-29-13-11-28)27-16-19-4-3-6-23(14-19)30-18-22-5-1-2-9-26-22/h1-9,14-15,27H,10-13,16-18H2. The highest BCUT2D eigenvalue weighted by Crippen LogP contribution is 2.23. The van der Waals surface area contributed by atoms with Crippen LogP contribution in [-0.2, 0) is 24.4 Å². The first-order valence-electron chi connectivity index (χ1n) is 10.2. The Balaban J connectivity index is 1.34. The lowest BCUT2D eigenvalue weighted by Gasteiger charge is -2.27. The minimum Gasteiger partial charge on any atom is -0.487 e. The molecule has 30 heavy (non-hydrogen) atoms. The number of halogens is 1. The van der Waals surface area contributed by atoms with E-state index in [4.69, 9.17) is 21.1 Å². The third-order valence-corrected chi connectivity index (χ3v) is 5.42. The van der Waals surface area contributed by atoms with Crippen LogP contribution in [0.5, 0.6) is 5.75 Å². The second kappa shape index (κ2) is 10.4. The fraction of sp³-hybridized carbons (Fsp3) is 0.292. The molecule has 156 valence electrons. The van der Waals surface area contributed by atoms with Gasteiger partial charge in [0, 0.05) is 43.1 Å². The minimum atomic E-state index is 0.458. The summed E-state index contributed by atoms with van der Waals surface area (Å²) in [6, 6.07) is 20.1. The first-order valence-corrected chi connectivity index (χ1v) is 10.6. The molecule has 1 saturated heterocycles. The number of nitrogens with one attached hydrogen (secondary N) is 1. The molecule has 0 aliphatic carbocycles. The molecule has 0 amide bonds. The lowest BCUT2D eigenvalue weighted by atomic mass is 10.1. The van der Waals surface area contributed by atoms with E-state index in [1.54, 1.807) is 6.20 Å². The summed E-state index contributed by atoms with van der Waals surface area (Å²) in [5.41, 5.74) is 4.26. The van der Waals surface area contributed by atoms with Crippen LogP contribution in [-0.4, -0.2) is 36.2 Å². The van der Waals surface area contributed by atoms with E-state index in [0.717, 1.165) is 66.1 Å². The normalized spacial score (nSPS) is 14.4. The van der Waals surface area contributed by atoms with E-state index in [9.17, 15) is 0 Å². The van der Waals surface area contributed by atoms with Gasteiger partial charge in [-0.25, -0.2) is 0 Å². The van der Waals surface area contributed by atoms with Crippen LogP contribution in [0.25, 0.3) is 0 Å². The average molecular weight is 424 g/mol. The molecule has 4 rings (SSSR count).